The van der Waals surface area contributed by atoms with Gasteiger partial charge in [0.2, 0.25) is 5.95 Å². The van der Waals surface area contributed by atoms with Gasteiger partial charge in [-0.2, -0.15) is 0 Å². The lowest BCUT2D eigenvalue weighted by molar-refractivity contribution is 0.0713. The number of halogens is 2. The molecule has 0 spiro atoms. The van der Waals surface area contributed by atoms with Crippen LogP contribution in [0.25, 0.3) is 22.2 Å². The lowest BCUT2D eigenvalue weighted by Gasteiger charge is -2.32. The van der Waals surface area contributed by atoms with Gasteiger partial charge in [-0.25, -0.2) is 14.4 Å². The third-order valence-electron chi connectivity index (χ3n) is 6.96. The van der Waals surface area contributed by atoms with Crippen LogP contribution in [0.15, 0.2) is 90.1 Å². The van der Waals surface area contributed by atoms with Crippen LogP contribution in [0.3, 0.4) is 0 Å². The van der Waals surface area contributed by atoms with E-state index in [2.05, 4.69) is 44.7 Å². The van der Waals surface area contributed by atoms with Crippen LogP contribution >= 0.6 is 23.5 Å². The van der Waals surface area contributed by atoms with Gasteiger partial charge in [0.25, 0.3) is 5.91 Å². The Hall–Kier alpha value is -4.08. The molecule has 1 fully saturated rings. The number of piperidine rings is 1. The first-order chi connectivity index (χ1) is 19.5. The maximum atomic E-state index is 14.3. The van der Waals surface area contributed by atoms with Crippen LogP contribution in [0.1, 0.15) is 23.2 Å². The maximum absolute atomic E-state index is 14.3. The van der Waals surface area contributed by atoms with Crippen LogP contribution in [0.5, 0.6) is 0 Å². The van der Waals surface area contributed by atoms with Crippen molar-refractivity contribution in [3.8, 4) is 11.3 Å². The molecule has 10 heteroatoms. The summed E-state index contributed by atoms with van der Waals surface area (Å²) in [6, 6.07) is 22.6. The molecule has 0 unspecified atom stereocenters. The van der Waals surface area contributed by atoms with Crippen LogP contribution in [-0.2, 0) is 0 Å². The second-order valence-electron chi connectivity index (χ2n) is 9.63. The van der Waals surface area contributed by atoms with Gasteiger partial charge in [-0.1, -0.05) is 48.0 Å². The molecule has 5 aromatic rings. The molecule has 202 valence electrons. The Labute approximate surface area is 240 Å². The van der Waals surface area contributed by atoms with Crippen molar-refractivity contribution in [1.82, 2.24) is 18.8 Å². The van der Waals surface area contributed by atoms with Crippen molar-refractivity contribution in [3.63, 3.8) is 0 Å². The number of nitrogens with zero attached hydrogens (tertiary/aromatic N) is 4. The molecule has 1 amide bonds. The average molecular weight is 573 g/mol. The number of carbonyl (C=O) groups excluding carboxylic acids is 1. The molecule has 0 bridgehead atoms. The molecule has 2 aromatic heterocycles. The lowest BCUT2D eigenvalue weighted by Crippen LogP contribution is -2.42. The number of hydrogen-bond donors (Lipinski definition) is 2. The Kier molecular flexibility index (Phi) is 7.32. The number of carbonyl (C=O) groups is 1. The van der Waals surface area contributed by atoms with Gasteiger partial charge in [0.05, 0.1) is 28.0 Å². The summed E-state index contributed by atoms with van der Waals surface area (Å²) in [5, 5.41) is 4.91. The third kappa shape index (κ3) is 5.35. The summed E-state index contributed by atoms with van der Waals surface area (Å²) >= 11 is 8.25. The van der Waals surface area contributed by atoms with Crippen molar-refractivity contribution in [2.45, 2.75) is 23.8 Å². The number of nitrogen functional groups attached to an aromatic ring is 1. The molecule has 3 heterocycles. The standard InChI is InChI=1S/C30H26ClFN6OS/c31-25-17-34-30(35-20-12-14-37(15-13-20)29(39)23-11-10-19(33)16-26(23)32)36-28(25)24-18-38(27-9-5-4-8-22(24)27)40-21-6-2-1-3-7-21/h1-11,16-18,20H,12-15,33H2,(H,34,35,36). The van der Waals surface area contributed by atoms with Gasteiger partial charge in [0.1, 0.15) is 5.82 Å². The second-order valence-corrected chi connectivity index (χ2v) is 11.1. The molecule has 0 radical (unpaired) electrons. The molecular formula is C30H26ClFN6OS. The first kappa shape index (κ1) is 26.2. The first-order valence-electron chi connectivity index (χ1n) is 12.9. The lowest BCUT2D eigenvalue weighted by atomic mass is 10.0. The monoisotopic (exact) mass is 572 g/mol. The van der Waals surface area contributed by atoms with Crippen LogP contribution in [0.4, 0.5) is 16.0 Å². The van der Waals surface area contributed by atoms with E-state index in [1.807, 2.05) is 30.3 Å². The number of anilines is 2. The second kappa shape index (κ2) is 11.2. The number of nitrogens with two attached hydrogens (primary N) is 1. The van der Waals surface area contributed by atoms with Crippen molar-refractivity contribution >= 4 is 52.0 Å². The fraction of sp³-hybridized carbons (Fsp3) is 0.167. The molecule has 1 saturated heterocycles. The number of likely N-dealkylation sites (tertiary alicyclic amines) is 1. The van der Waals surface area contributed by atoms with E-state index < -0.39 is 5.82 Å². The molecule has 3 aromatic carbocycles. The summed E-state index contributed by atoms with van der Waals surface area (Å²) in [6.45, 7) is 0.982. The van der Waals surface area contributed by atoms with E-state index in [0.717, 1.165) is 21.4 Å². The number of benzene rings is 3. The normalized spacial score (nSPS) is 14.0. The minimum absolute atomic E-state index is 0.0378. The number of aromatic nitrogens is 3. The van der Waals surface area contributed by atoms with Gasteiger partial charge in [0, 0.05) is 46.9 Å². The van der Waals surface area contributed by atoms with E-state index >= 15 is 0 Å². The van der Waals surface area contributed by atoms with Crippen LogP contribution < -0.4 is 11.1 Å². The molecule has 0 atom stereocenters. The van der Waals surface area contributed by atoms with E-state index in [1.54, 1.807) is 23.0 Å². The molecule has 3 N–H and O–H groups in total. The fourth-order valence-corrected chi connectivity index (χ4v) is 6.03. The predicted octanol–water partition coefficient (Wildman–Crippen LogP) is 6.75. The highest BCUT2D eigenvalue weighted by atomic mass is 35.5. The predicted molar refractivity (Wildman–Crippen MR) is 159 cm³/mol. The number of rotatable bonds is 6. The number of amides is 1. The van der Waals surface area contributed by atoms with Crippen molar-refractivity contribution < 1.29 is 9.18 Å². The Morgan fingerprint density at radius 3 is 2.58 bits per heavy atom. The van der Waals surface area contributed by atoms with E-state index in [-0.39, 0.29) is 17.5 Å². The van der Waals surface area contributed by atoms with E-state index in [4.69, 9.17) is 22.3 Å². The largest absolute Gasteiger partial charge is 0.399 e. The van der Waals surface area contributed by atoms with Crippen LogP contribution in [0.2, 0.25) is 5.02 Å². The topological polar surface area (TPSA) is 89.1 Å². The molecule has 0 aliphatic carbocycles. The first-order valence-corrected chi connectivity index (χ1v) is 14.1. The highest BCUT2D eigenvalue weighted by Gasteiger charge is 2.26. The smallest absolute Gasteiger partial charge is 0.256 e. The van der Waals surface area contributed by atoms with Crippen molar-refractivity contribution in [3.05, 3.63) is 102 Å². The summed E-state index contributed by atoms with van der Waals surface area (Å²) in [4.78, 5) is 24.9. The molecule has 7 nitrogen and oxygen atoms in total. The van der Waals surface area contributed by atoms with Gasteiger partial charge in [-0.15, -0.1) is 0 Å². The Morgan fingerprint density at radius 2 is 1.80 bits per heavy atom. The number of fused-ring (bicyclic) bond motifs is 1. The van der Waals surface area contributed by atoms with Gasteiger partial charge < -0.3 is 16.0 Å². The van der Waals surface area contributed by atoms with Crippen LogP contribution in [0, 0.1) is 5.82 Å². The van der Waals surface area contributed by atoms with Crippen LogP contribution in [-0.4, -0.2) is 43.9 Å². The molecule has 6 rings (SSSR count). The minimum atomic E-state index is -0.601. The molecule has 1 aliphatic heterocycles. The van der Waals surface area contributed by atoms with Gasteiger partial charge in [0.15, 0.2) is 0 Å². The molecular weight excluding hydrogens is 547 g/mol. The average Bonchev–Trinajstić information content (AvgIpc) is 3.33. The highest BCUT2D eigenvalue weighted by Crippen LogP contribution is 2.37. The zero-order valence-electron chi connectivity index (χ0n) is 21.4. The van der Waals surface area contributed by atoms with Gasteiger partial charge in [-0.3, -0.25) is 8.77 Å². The zero-order chi connectivity index (χ0) is 27.6. The van der Waals surface area contributed by atoms with Gasteiger partial charge >= 0.3 is 0 Å². The minimum Gasteiger partial charge on any atom is -0.399 e. The van der Waals surface area contributed by atoms with E-state index in [9.17, 15) is 9.18 Å². The molecule has 40 heavy (non-hydrogen) atoms. The van der Waals surface area contributed by atoms with Crippen molar-refractivity contribution in [1.29, 1.82) is 0 Å². The Balaban J connectivity index is 1.19. The molecule has 0 saturated carbocycles. The fourth-order valence-electron chi connectivity index (χ4n) is 4.92. The maximum Gasteiger partial charge on any atom is 0.256 e. The third-order valence-corrected chi connectivity index (χ3v) is 8.22. The highest BCUT2D eigenvalue weighted by molar-refractivity contribution is 7.98. The summed E-state index contributed by atoms with van der Waals surface area (Å²) in [5.41, 5.74) is 8.57. The zero-order valence-corrected chi connectivity index (χ0v) is 23.0. The molecule has 1 aliphatic rings. The number of nitrogens with one attached hydrogen (secondary N) is 1. The SMILES string of the molecule is Nc1ccc(C(=O)N2CCC(Nc3ncc(Cl)c(-c4cn(Sc5ccccc5)c5ccccc45)n3)CC2)c(F)c1. The summed E-state index contributed by atoms with van der Waals surface area (Å²) < 4.78 is 16.4. The van der Waals surface area contributed by atoms with Crippen molar-refractivity contribution in [2.75, 3.05) is 24.1 Å². The number of hydrogen-bond acceptors (Lipinski definition) is 6. The van der Waals surface area contributed by atoms with Crippen molar-refractivity contribution in [2.24, 2.45) is 0 Å². The van der Waals surface area contributed by atoms with E-state index in [0.29, 0.717) is 48.3 Å². The Morgan fingerprint density at radius 1 is 1.05 bits per heavy atom. The summed E-state index contributed by atoms with van der Waals surface area (Å²) in [6.07, 6.45) is 5.03. The summed E-state index contributed by atoms with van der Waals surface area (Å²) in [7, 11) is 0. The van der Waals surface area contributed by atoms with E-state index in [1.165, 1.54) is 18.2 Å². The number of para-hydroxylation sites is 1. The van der Waals surface area contributed by atoms with Gasteiger partial charge in [-0.05, 0) is 61.2 Å². The Bertz CT molecular complexity index is 1690. The summed E-state index contributed by atoms with van der Waals surface area (Å²) in [5.74, 6) is -0.456. The quantitative estimate of drug-likeness (QED) is 0.219.